The molecule has 2 nitrogen and oxygen atoms in total. The summed E-state index contributed by atoms with van der Waals surface area (Å²) < 4.78 is 39.7. The van der Waals surface area contributed by atoms with Crippen molar-refractivity contribution in [3.05, 3.63) is 29.3 Å². The zero-order valence-electron chi connectivity index (χ0n) is 10.8. The Hall–Kier alpha value is -1.22. The normalized spacial score (nSPS) is 14.9. The Labute approximate surface area is 124 Å². The Balaban J connectivity index is 2.40. The predicted octanol–water partition coefficient (Wildman–Crippen LogP) is 4.48. The van der Waals surface area contributed by atoms with Crippen LogP contribution in [0.15, 0.2) is 18.2 Å². The largest absolute Gasteiger partial charge is 0.418 e. The van der Waals surface area contributed by atoms with Gasteiger partial charge in [0.15, 0.2) is 0 Å². The number of halogens is 4. The highest BCUT2D eigenvalue weighted by Crippen LogP contribution is 2.41. The van der Waals surface area contributed by atoms with Crippen LogP contribution in [0, 0.1) is 11.3 Å². The Morgan fingerprint density at radius 2 is 2.05 bits per heavy atom. The smallest absolute Gasteiger partial charge is 0.367 e. The lowest BCUT2D eigenvalue weighted by Gasteiger charge is -2.27. The van der Waals surface area contributed by atoms with E-state index in [1.165, 1.54) is 12.1 Å². The fourth-order valence-corrected chi connectivity index (χ4v) is 2.55. The summed E-state index contributed by atoms with van der Waals surface area (Å²) in [5.41, 5.74) is 0.177. The van der Waals surface area contributed by atoms with Gasteiger partial charge in [0.05, 0.1) is 18.1 Å². The van der Waals surface area contributed by atoms with Gasteiger partial charge in [-0.2, -0.15) is 18.4 Å². The lowest BCUT2D eigenvalue weighted by Crippen LogP contribution is -2.29. The lowest BCUT2D eigenvalue weighted by molar-refractivity contribution is -0.137. The summed E-state index contributed by atoms with van der Waals surface area (Å²) in [6.07, 6.45) is -2.37. The third-order valence-electron chi connectivity index (χ3n) is 3.28. The van der Waals surface area contributed by atoms with Gasteiger partial charge in [-0.05, 0) is 30.5 Å². The Kier molecular flexibility index (Phi) is 4.59. The van der Waals surface area contributed by atoms with Crippen molar-refractivity contribution < 1.29 is 13.2 Å². The molecule has 0 atom stereocenters. The van der Waals surface area contributed by atoms with E-state index >= 15 is 0 Å². The van der Waals surface area contributed by atoms with Gasteiger partial charge in [-0.25, -0.2) is 0 Å². The highest BCUT2D eigenvalue weighted by atomic mass is 79.9. The third kappa shape index (κ3) is 3.45. The van der Waals surface area contributed by atoms with E-state index in [1.54, 1.807) is 11.0 Å². The Morgan fingerprint density at radius 1 is 1.35 bits per heavy atom. The van der Waals surface area contributed by atoms with Crippen LogP contribution >= 0.6 is 15.9 Å². The highest BCUT2D eigenvalue weighted by Gasteiger charge is 2.38. The summed E-state index contributed by atoms with van der Waals surface area (Å²) >= 11 is 3.18. The van der Waals surface area contributed by atoms with Crippen LogP contribution in [0.1, 0.15) is 30.4 Å². The molecule has 0 bridgehead atoms. The fraction of sp³-hybridized carbons (Fsp3) is 0.500. The number of rotatable bonds is 5. The molecule has 1 aliphatic carbocycles. The molecule has 1 fully saturated rings. The van der Waals surface area contributed by atoms with Crippen LogP contribution in [0.2, 0.25) is 0 Å². The molecule has 1 aliphatic rings. The number of nitrogens with zero attached hydrogens (tertiary/aromatic N) is 2. The Morgan fingerprint density at radius 3 is 2.55 bits per heavy atom. The number of benzene rings is 1. The molecule has 1 aromatic rings. The molecule has 0 N–H and O–H groups in total. The zero-order chi connectivity index (χ0) is 14.8. The molecule has 0 heterocycles. The summed E-state index contributed by atoms with van der Waals surface area (Å²) in [4.78, 5) is 1.73. The standard InChI is InChI=1S/C14H14BrF3N2/c15-9-10-2-5-13(12(8-10)14(16,17)18)20(7-1-6-19)11-3-4-11/h2,5,8,11H,1,3-4,7,9H2. The molecule has 1 saturated carbocycles. The number of nitriles is 1. The number of hydrogen-bond donors (Lipinski definition) is 0. The van der Waals surface area contributed by atoms with Crippen molar-refractivity contribution in [1.82, 2.24) is 0 Å². The van der Waals surface area contributed by atoms with Crippen molar-refractivity contribution in [2.45, 2.75) is 36.8 Å². The number of alkyl halides is 4. The van der Waals surface area contributed by atoms with Gasteiger partial charge in [0.2, 0.25) is 0 Å². The van der Waals surface area contributed by atoms with Gasteiger partial charge in [0.1, 0.15) is 0 Å². The van der Waals surface area contributed by atoms with Gasteiger partial charge in [0.25, 0.3) is 0 Å². The maximum absolute atomic E-state index is 13.2. The molecule has 2 rings (SSSR count). The first kappa shape index (κ1) is 15.2. The molecule has 6 heteroatoms. The van der Waals surface area contributed by atoms with Gasteiger partial charge in [-0.1, -0.05) is 22.0 Å². The first-order chi connectivity index (χ1) is 9.47. The molecule has 108 valence electrons. The summed E-state index contributed by atoms with van der Waals surface area (Å²) in [5.74, 6) is 0. The minimum Gasteiger partial charge on any atom is -0.367 e. The van der Waals surface area contributed by atoms with E-state index in [0.717, 1.165) is 12.8 Å². The van der Waals surface area contributed by atoms with E-state index in [-0.39, 0.29) is 18.2 Å². The van der Waals surface area contributed by atoms with Gasteiger partial charge < -0.3 is 4.90 Å². The zero-order valence-corrected chi connectivity index (χ0v) is 12.3. The van der Waals surface area contributed by atoms with E-state index in [1.807, 2.05) is 6.07 Å². The number of anilines is 1. The minimum absolute atomic E-state index is 0.138. The van der Waals surface area contributed by atoms with Gasteiger partial charge in [-0.15, -0.1) is 0 Å². The van der Waals surface area contributed by atoms with E-state index in [9.17, 15) is 13.2 Å². The van der Waals surface area contributed by atoms with Crippen LogP contribution in [0.4, 0.5) is 18.9 Å². The van der Waals surface area contributed by atoms with Crippen LogP contribution in [-0.2, 0) is 11.5 Å². The fourth-order valence-electron chi connectivity index (χ4n) is 2.20. The molecule has 1 aromatic carbocycles. The van der Waals surface area contributed by atoms with Crippen molar-refractivity contribution in [3.8, 4) is 6.07 Å². The average molecular weight is 347 g/mol. The van der Waals surface area contributed by atoms with Crippen molar-refractivity contribution in [3.63, 3.8) is 0 Å². The van der Waals surface area contributed by atoms with E-state index < -0.39 is 11.7 Å². The second-order valence-corrected chi connectivity index (χ2v) is 5.38. The summed E-state index contributed by atoms with van der Waals surface area (Å²) in [5, 5.41) is 9.06. The minimum atomic E-state index is -4.38. The molecule has 0 saturated heterocycles. The van der Waals surface area contributed by atoms with Crippen LogP contribution < -0.4 is 4.90 Å². The molecular formula is C14H14BrF3N2. The quantitative estimate of drug-likeness (QED) is 0.735. The van der Waals surface area contributed by atoms with Crippen molar-refractivity contribution in [1.29, 1.82) is 5.26 Å². The highest BCUT2D eigenvalue weighted by molar-refractivity contribution is 9.08. The number of hydrogen-bond acceptors (Lipinski definition) is 2. The van der Waals surface area contributed by atoms with Crippen molar-refractivity contribution in [2.24, 2.45) is 0 Å². The maximum Gasteiger partial charge on any atom is 0.418 e. The summed E-state index contributed by atoms with van der Waals surface area (Å²) in [6, 6.07) is 6.54. The first-order valence-corrected chi connectivity index (χ1v) is 7.49. The van der Waals surface area contributed by atoms with E-state index in [2.05, 4.69) is 15.9 Å². The monoisotopic (exact) mass is 346 g/mol. The van der Waals surface area contributed by atoms with Gasteiger partial charge >= 0.3 is 6.18 Å². The second-order valence-electron chi connectivity index (χ2n) is 4.82. The molecule has 0 amide bonds. The Bertz CT molecular complexity index is 518. The molecule has 0 radical (unpaired) electrons. The van der Waals surface area contributed by atoms with Crippen LogP contribution in [-0.4, -0.2) is 12.6 Å². The topological polar surface area (TPSA) is 27.0 Å². The molecule has 0 spiro atoms. The molecule has 0 aliphatic heterocycles. The third-order valence-corrected chi connectivity index (χ3v) is 3.93. The van der Waals surface area contributed by atoms with Crippen molar-refractivity contribution in [2.75, 3.05) is 11.4 Å². The lowest BCUT2D eigenvalue weighted by atomic mass is 10.1. The molecular weight excluding hydrogens is 333 g/mol. The average Bonchev–Trinajstić information content (AvgIpc) is 3.23. The predicted molar refractivity (Wildman–Crippen MR) is 74.7 cm³/mol. The van der Waals surface area contributed by atoms with E-state index in [4.69, 9.17) is 5.26 Å². The SMILES string of the molecule is N#CCCN(c1ccc(CBr)cc1C(F)(F)F)C1CC1. The summed E-state index contributed by atoms with van der Waals surface area (Å²) in [6.45, 7) is 0.345. The van der Waals surface area contributed by atoms with Crippen molar-refractivity contribution >= 4 is 21.6 Å². The second kappa shape index (κ2) is 6.04. The van der Waals surface area contributed by atoms with Crippen LogP contribution in [0.5, 0.6) is 0 Å². The molecule has 20 heavy (non-hydrogen) atoms. The van der Waals surface area contributed by atoms with Gasteiger partial charge in [0, 0.05) is 23.6 Å². The van der Waals surface area contributed by atoms with E-state index in [0.29, 0.717) is 17.4 Å². The first-order valence-electron chi connectivity index (χ1n) is 6.37. The summed E-state index contributed by atoms with van der Waals surface area (Å²) in [7, 11) is 0. The molecule has 0 aromatic heterocycles. The van der Waals surface area contributed by atoms with Crippen LogP contribution in [0.3, 0.4) is 0 Å². The molecule has 0 unspecified atom stereocenters. The maximum atomic E-state index is 13.2. The van der Waals surface area contributed by atoms with Gasteiger partial charge in [-0.3, -0.25) is 0 Å². The van der Waals surface area contributed by atoms with Crippen LogP contribution in [0.25, 0.3) is 0 Å².